The summed E-state index contributed by atoms with van der Waals surface area (Å²) < 4.78 is 11.0. The van der Waals surface area contributed by atoms with Crippen molar-refractivity contribution in [2.75, 3.05) is 6.61 Å². The molecule has 5 atom stereocenters. The summed E-state index contributed by atoms with van der Waals surface area (Å²) in [5, 5.41) is 0. The zero-order valence-corrected chi connectivity index (χ0v) is 12.7. The number of carbonyl (C=O) groups is 2. The molecule has 5 saturated carbocycles. The normalized spacial score (nSPS) is 60.5. The summed E-state index contributed by atoms with van der Waals surface area (Å²) >= 11 is 0. The van der Waals surface area contributed by atoms with E-state index in [-0.39, 0.29) is 35.1 Å². The Kier molecular flexibility index (Phi) is 2.21. The highest BCUT2D eigenvalue weighted by atomic mass is 16.7. The molecule has 6 bridgehead atoms. The molecule has 0 N–H and O–H groups in total. The minimum Gasteiger partial charge on any atom is -0.343 e. The third-order valence-corrected chi connectivity index (χ3v) is 7.64. The van der Waals surface area contributed by atoms with Crippen LogP contribution >= 0.6 is 0 Å². The van der Waals surface area contributed by atoms with Crippen LogP contribution in [0.5, 0.6) is 0 Å². The van der Waals surface area contributed by atoms with Crippen LogP contribution in [0.15, 0.2) is 0 Å². The molecule has 4 nitrogen and oxygen atoms in total. The van der Waals surface area contributed by atoms with E-state index in [2.05, 4.69) is 0 Å². The monoisotopic (exact) mass is 302 g/mol. The summed E-state index contributed by atoms with van der Waals surface area (Å²) in [7, 11) is 0. The number of rotatable bonds is 2. The number of ketones is 2. The Morgan fingerprint density at radius 3 is 2.32 bits per heavy atom. The van der Waals surface area contributed by atoms with E-state index in [4.69, 9.17) is 9.47 Å². The predicted octanol–water partition coefficient (Wildman–Crippen LogP) is 1.96. The van der Waals surface area contributed by atoms with Gasteiger partial charge in [-0.2, -0.15) is 0 Å². The number of Topliss-reactive ketones (excluding diaryl/α,β-unsaturated/α-hetero) is 2. The molecule has 0 aromatic carbocycles. The molecule has 118 valence electrons. The molecule has 7 aliphatic rings. The van der Waals surface area contributed by atoms with Crippen LogP contribution in [-0.4, -0.2) is 30.6 Å². The standard InChI is InChI=1S/C18H22O4/c19-15-13-12(11-7-21-17(15)22-11)14(13)16(20)18-4-8-1-9(5-18)3-10(2-8)6-18/h8-14,17H,1-7H2/t8?,9?,10?,11-,12+,13-,14+,17+,18?/m1/s1. The van der Waals surface area contributed by atoms with Gasteiger partial charge in [-0.05, 0) is 56.3 Å². The Labute approximate surface area is 129 Å². The summed E-state index contributed by atoms with van der Waals surface area (Å²) in [5.41, 5.74) is -0.0723. The lowest BCUT2D eigenvalue weighted by Crippen LogP contribution is -2.50. The highest BCUT2D eigenvalue weighted by Gasteiger charge is 2.71. The van der Waals surface area contributed by atoms with Crippen LogP contribution < -0.4 is 0 Å². The van der Waals surface area contributed by atoms with E-state index in [0.717, 1.165) is 37.0 Å². The smallest absolute Gasteiger partial charge is 0.218 e. The topological polar surface area (TPSA) is 52.6 Å². The lowest BCUT2D eigenvalue weighted by atomic mass is 9.48. The van der Waals surface area contributed by atoms with E-state index in [1.807, 2.05) is 0 Å². The van der Waals surface area contributed by atoms with Crippen molar-refractivity contribution in [3.8, 4) is 0 Å². The maximum absolute atomic E-state index is 13.4. The quantitative estimate of drug-likeness (QED) is 0.782. The van der Waals surface area contributed by atoms with E-state index in [1.54, 1.807) is 0 Å². The molecule has 0 aromatic heterocycles. The van der Waals surface area contributed by atoms with Gasteiger partial charge in [0.05, 0.1) is 12.7 Å². The second-order valence-electron chi connectivity index (χ2n) is 8.93. The van der Waals surface area contributed by atoms with Gasteiger partial charge in [-0.25, -0.2) is 0 Å². The van der Waals surface area contributed by atoms with Crippen molar-refractivity contribution in [2.45, 2.75) is 50.9 Å². The molecule has 0 unspecified atom stereocenters. The summed E-state index contributed by atoms with van der Waals surface area (Å²) in [6.07, 6.45) is 6.70. The summed E-state index contributed by atoms with van der Waals surface area (Å²) in [6, 6.07) is 0. The molecular weight excluding hydrogens is 280 g/mol. The van der Waals surface area contributed by atoms with Crippen LogP contribution in [0.2, 0.25) is 0 Å². The van der Waals surface area contributed by atoms with Gasteiger partial charge in [-0.15, -0.1) is 0 Å². The van der Waals surface area contributed by atoms with E-state index in [1.165, 1.54) is 19.3 Å². The SMILES string of the molecule is O=C1[C@H]2OC[C@@H](O2)[C@@H]2[C@H](C(=O)C34CC5CC(CC(C5)C3)C4)[C@H]12. The fourth-order valence-electron chi connectivity index (χ4n) is 7.20. The molecule has 2 heterocycles. The third kappa shape index (κ3) is 1.42. The fraction of sp³-hybridized carbons (Fsp3) is 0.889. The number of fused-ring (bicyclic) bond motifs is 4. The Morgan fingerprint density at radius 1 is 1.05 bits per heavy atom. The molecule has 0 aromatic rings. The second-order valence-corrected chi connectivity index (χ2v) is 8.93. The van der Waals surface area contributed by atoms with E-state index < -0.39 is 6.29 Å². The number of ether oxygens (including phenoxy) is 2. The molecule has 22 heavy (non-hydrogen) atoms. The molecule has 0 radical (unpaired) electrons. The maximum Gasteiger partial charge on any atom is 0.218 e. The first kappa shape index (κ1) is 12.7. The molecule has 7 fully saturated rings. The number of hydrogen-bond acceptors (Lipinski definition) is 4. The van der Waals surface area contributed by atoms with Crippen molar-refractivity contribution >= 4 is 11.6 Å². The van der Waals surface area contributed by atoms with Crippen LogP contribution in [-0.2, 0) is 19.1 Å². The van der Waals surface area contributed by atoms with Gasteiger partial charge in [0.2, 0.25) is 6.29 Å². The Morgan fingerprint density at radius 2 is 1.68 bits per heavy atom. The van der Waals surface area contributed by atoms with Crippen LogP contribution in [0.25, 0.3) is 0 Å². The first-order valence-electron chi connectivity index (χ1n) is 9.00. The number of hydrogen-bond donors (Lipinski definition) is 0. The van der Waals surface area contributed by atoms with Crippen molar-refractivity contribution in [2.24, 2.45) is 40.9 Å². The minimum atomic E-state index is -0.666. The molecule has 2 aliphatic heterocycles. The molecule has 2 saturated heterocycles. The second kappa shape index (κ2) is 3.84. The minimum absolute atomic E-state index is 0.00411. The highest BCUT2D eigenvalue weighted by Crippen LogP contribution is 2.65. The molecule has 0 spiro atoms. The van der Waals surface area contributed by atoms with Gasteiger partial charge < -0.3 is 9.47 Å². The summed E-state index contributed by atoms with van der Waals surface area (Å²) in [6.45, 7) is 0.502. The molecule has 7 rings (SSSR count). The van der Waals surface area contributed by atoms with Gasteiger partial charge in [0.25, 0.3) is 0 Å². The van der Waals surface area contributed by atoms with Gasteiger partial charge >= 0.3 is 0 Å². The van der Waals surface area contributed by atoms with E-state index in [9.17, 15) is 9.59 Å². The van der Waals surface area contributed by atoms with Crippen molar-refractivity contribution in [1.29, 1.82) is 0 Å². The van der Waals surface area contributed by atoms with Gasteiger partial charge in [0.1, 0.15) is 5.78 Å². The Bertz CT molecular complexity index is 546. The molecule has 5 aliphatic carbocycles. The lowest BCUT2D eigenvalue weighted by Gasteiger charge is -2.56. The summed E-state index contributed by atoms with van der Waals surface area (Å²) in [4.78, 5) is 25.8. The third-order valence-electron chi connectivity index (χ3n) is 7.64. The zero-order valence-electron chi connectivity index (χ0n) is 12.7. The average molecular weight is 302 g/mol. The van der Waals surface area contributed by atoms with E-state index >= 15 is 0 Å². The molecule has 4 heteroatoms. The van der Waals surface area contributed by atoms with Gasteiger partial charge in [-0.3, -0.25) is 9.59 Å². The van der Waals surface area contributed by atoms with Crippen molar-refractivity contribution in [3.05, 3.63) is 0 Å². The fourth-order valence-corrected chi connectivity index (χ4v) is 7.20. The van der Waals surface area contributed by atoms with E-state index in [0.29, 0.717) is 12.4 Å². The first-order valence-corrected chi connectivity index (χ1v) is 9.00. The lowest BCUT2D eigenvalue weighted by molar-refractivity contribution is -0.154. The van der Waals surface area contributed by atoms with Crippen molar-refractivity contribution in [1.82, 2.24) is 0 Å². The van der Waals surface area contributed by atoms with Crippen molar-refractivity contribution < 1.29 is 19.1 Å². The Balaban J connectivity index is 1.31. The zero-order chi connectivity index (χ0) is 14.6. The number of carbonyl (C=O) groups excluding carboxylic acids is 2. The molecule has 0 amide bonds. The van der Waals surface area contributed by atoms with Gasteiger partial charge in [-0.1, -0.05) is 0 Å². The molecular formula is C18H22O4. The largest absolute Gasteiger partial charge is 0.343 e. The maximum atomic E-state index is 13.4. The van der Waals surface area contributed by atoms with Crippen LogP contribution in [0, 0.1) is 40.9 Å². The average Bonchev–Trinajstić information content (AvgIpc) is 3.07. The van der Waals surface area contributed by atoms with Crippen LogP contribution in [0.3, 0.4) is 0 Å². The van der Waals surface area contributed by atoms with Gasteiger partial charge in [0, 0.05) is 23.2 Å². The highest BCUT2D eigenvalue weighted by molar-refractivity contribution is 6.00. The summed E-state index contributed by atoms with van der Waals surface area (Å²) in [5.74, 6) is 2.84. The van der Waals surface area contributed by atoms with Crippen molar-refractivity contribution in [3.63, 3.8) is 0 Å². The van der Waals surface area contributed by atoms with Crippen LogP contribution in [0.1, 0.15) is 38.5 Å². The Hall–Kier alpha value is -0.740. The van der Waals surface area contributed by atoms with Crippen LogP contribution in [0.4, 0.5) is 0 Å². The predicted molar refractivity (Wildman–Crippen MR) is 75.7 cm³/mol. The first-order chi connectivity index (χ1) is 10.6. The van der Waals surface area contributed by atoms with Gasteiger partial charge in [0.15, 0.2) is 5.78 Å².